The van der Waals surface area contributed by atoms with Gasteiger partial charge in [0, 0.05) is 5.56 Å². The third-order valence-corrected chi connectivity index (χ3v) is 3.45. The van der Waals surface area contributed by atoms with Gasteiger partial charge in [-0.15, -0.1) is 0 Å². The fraction of sp³-hybridized carbons (Fsp3) is 0.294. The summed E-state index contributed by atoms with van der Waals surface area (Å²) < 4.78 is 0. The number of hydrogen-bond donors (Lipinski definition) is 2. The first-order valence-corrected chi connectivity index (χ1v) is 7.13. The van der Waals surface area contributed by atoms with Crippen molar-refractivity contribution in [2.24, 2.45) is 0 Å². The second-order valence-electron chi connectivity index (χ2n) is 6.15. The fourth-order valence-corrected chi connectivity index (χ4v) is 2.10. The van der Waals surface area contributed by atoms with Gasteiger partial charge in [-0.1, -0.05) is 32.9 Å². The first kappa shape index (κ1) is 16.3. The highest BCUT2D eigenvalue weighted by Crippen LogP contribution is 2.23. The average Bonchev–Trinajstić information content (AvgIpc) is 2.88. The van der Waals surface area contributed by atoms with E-state index in [9.17, 15) is 4.79 Å². The number of aromatic nitrogens is 2. The molecule has 0 saturated heterocycles. The van der Waals surface area contributed by atoms with E-state index in [0.29, 0.717) is 11.3 Å². The molecule has 23 heavy (non-hydrogen) atoms. The lowest BCUT2D eigenvalue weighted by Gasteiger charge is -2.18. The van der Waals surface area contributed by atoms with Gasteiger partial charge in [0.1, 0.15) is 11.6 Å². The lowest BCUT2D eigenvalue weighted by Crippen LogP contribution is -2.15. The van der Waals surface area contributed by atoms with Crippen LogP contribution in [0.3, 0.4) is 0 Å². The molecule has 1 aromatic heterocycles. The van der Waals surface area contributed by atoms with Gasteiger partial charge in [-0.2, -0.15) is 15.6 Å². The van der Waals surface area contributed by atoms with Crippen LogP contribution >= 0.6 is 0 Å². The number of nitrogens with zero attached hydrogens (tertiary/aromatic N) is 3. The van der Waals surface area contributed by atoms with Gasteiger partial charge >= 0.3 is 0 Å². The SMILES string of the molecule is CC(C)(C)c1ccc(C(=O)Nc2n[nH]c(CC#N)c2C#N)cc1. The molecule has 0 aliphatic heterocycles. The number of nitrogens with one attached hydrogen (secondary N) is 2. The molecule has 1 aromatic carbocycles. The van der Waals surface area contributed by atoms with E-state index in [0.717, 1.165) is 5.56 Å². The lowest BCUT2D eigenvalue weighted by molar-refractivity contribution is 0.102. The number of nitriles is 2. The molecule has 1 amide bonds. The highest BCUT2D eigenvalue weighted by Gasteiger charge is 2.17. The standard InChI is InChI=1S/C17H17N5O/c1-17(2,3)12-6-4-11(5-7-12)16(23)20-15-13(10-19)14(8-9-18)21-22-15/h4-7H,8H2,1-3H3,(H2,20,21,22,23). The first-order valence-electron chi connectivity index (χ1n) is 7.13. The Bertz CT molecular complexity index is 797. The molecule has 0 saturated carbocycles. The maximum atomic E-state index is 12.3. The van der Waals surface area contributed by atoms with Crippen molar-refractivity contribution in [1.82, 2.24) is 10.2 Å². The normalized spacial score (nSPS) is 10.7. The van der Waals surface area contributed by atoms with Crippen molar-refractivity contribution < 1.29 is 4.79 Å². The fourth-order valence-electron chi connectivity index (χ4n) is 2.10. The van der Waals surface area contributed by atoms with Gasteiger partial charge in [-0.25, -0.2) is 0 Å². The molecule has 0 aliphatic carbocycles. The summed E-state index contributed by atoms with van der Waals surface area (Å²) in [6.07, 6.45) is 0.0338. The predicted octanol–water partition coefficient (Wildman–Crippen LogP) is 2.90. The Balaban J connectivity index is 2.20. The van der Waals surface area contributed by atoms with Crippen molar-refractivity contribution in [2.45, 2.75) is 32.6 Å². The van der Waals surface area contributed by atoms with E-state index in [1.54, 1.807) is 12.1 Å². The summed E-state index contributed by atoms with van der Waals surface area (Å²) in [6, 6.07) is 11.2. The van der Waals surface area contributed by atoms with Crippen molar-refractivity contribution in [3.05, 3.63) is 46.6 Å². The molecule has 2 N–H and O–H groups in total. The number of aromatic amines is 1. The Morgan fingerprint density at radius 2 is 1.91 bits per heavy atom. The Morgan fingerprint density at radius 1 is 1.26 bits per heavy atom. The maximum absolute atomic E-state index is 12.3. The number of anilines is 1. The molecule has 0 spiro atoms. The van der Waals surface area contributed by atoms with E-state index in [1.165, 1.54) is 0 Å². The van der Waals surface area contributed by atoms with E-state index in [4.69, 9.17) is 10.5 Å². The molecule has 6 nitrogen and oxygen atoms in total. The third kappa shape index (κ3) is 3.56. The second kappa shape index (κ2) is 6.33. The van der Waals surface area contributed by atoms with Crippen LogP contribution in [-0.2, 0) is 11.8 Å². The minimum Gasteiger partial charge on any atom is -0.304 e. The van der Waals surface area contributed by atoms with E-state index in [-0.39, 0.29) is 29.1 Å². The molecule has 0 atom stereocenters. The Kier molecular flexibility index (Phi) is 4.47. The minimum absolute atomic E-state index is 0.0113. The smallest absolute Gasteiger partial charge is 0.256 e. The summed E-state index contributed by atoms with van der Waals surface area (Å²) in [5.74, 6) is -0.209. The number of carbonyl (C=O) groups is 1. The molecular formula is C17H17N5O. The van der Waals surface area contributed by atoms with Gasteiger partial charge in [-0.05, 0) is 23.1 Å². The zero-order valence-corrected chi connectivity index (χ0v) is 13.3. The van der Waals surface area contributed by atoms with Gasteiger partial charge in [-0.3, -0.25) is 9.89 Å². The summed E-state index contributed by atoms with van der Waals surface area (Å²) in [5, 5.41) is 27.0. The van der Waals surface area contributed by atoms with Crippen LogP contribution < -0.4 is 5.32 Å². The summed E-state index contributed by atoms with van der Waals surface area (Å²) in [7, 11) is 0. The van der Waals surface area contributed by atoms with Gasteiger partial charge in [0.15, 0.2) is 5.82 Å². The molecule has 6 heteroatoms. The highest BCUT2D eigenvalue weighted by atomic mass is 16.1. The van der Waals surface area contributed by atoms with Crippen LogP contribution in [0.25, 0.3) is 0 Å². The Morgan fingerprint density at radius 3 is 2.43 bits per heavy atom. The van der Waals surface area contributed by atoms with Crippen LogP contribution in [0.5, 0.6) is 0 Å². The van der Waals surface area contributed by atoms with E-state index in [1.807, 2.05) is 24.3 Å². The zero-order valence-electron chi connectivity index (χ0n) is 13.3. The van der Waals surface area contributed by atoms with Crippen LogP contribution in [-0.4, -0.2) is 16.1 Å². The van der Waals surface area contributed by atoms with Crippen LogP contribution in [0, 0.1) is 22.7 Å². The molecule has 116 valence electrons. The van der Waals surface area contributed by atoms with Crippen LogP contribution in [0.4, 0.5) is 5.82 Å². The van der Waals surface area contributed by atoms with Crippen LogP contribution in [0.2, 0.25) is 0 Å². The predicted molar refractivity (Wildman–Crippen MR) is 85.7 cm³/mol. The molecule has 2 aromatic rings. The molecule has 0 fully saturated rings. The van der Waals surface area contributed by atoms with Crippen molar-refractivity contribution >= 4 is 11.7 Å². The molecular weight excluding hydrogens is 290 g/mol. The van der Waals surface area contributed by atoms with Crippen LogP contribution in [0.15, 0.2) is 24.3 Å². The second-order valence-corrected chi connectivity index (χ2v) is 6.15. The molecule has 1 heterocycles. The zero-order chi connectivity index (χ0) is 17.0. The average molecular weight is 307 g/mol. The number of amides is 1. The Labute approximate surface area is 134 Å². The maximum Gasteiger partial charge on any atom is 0.256 e. The van der Waals surface area contributed by atoms with Crippen molar-refractivity contribution in [3.63, 3.8) is 0 Å². The molecule has 0 unspecified atom stereocenters. The van der Waals surface area contributed by atoms with Gasteiger partial charge in [0.05, 0.1) is 18.2 Å². The number of hydrogen-bond acceptors (Lipinski definition) is 4. The molecule has 0 aliphatic rings. The lowest BCUT2D eigenvalue weighted by atomic mass is 9.87. The number of carbonyl (C=O) groups excluding carboxylic acids is 1. The number of rotatable bonds is 3. The van der Waals surface area contributed by atoms with E-state index < -0.39 is 0 Å². The quantitative estimate of drug-likeness (QED) is 0.909. The number of H-pyrrole nitrogens is 1. The monoisotopic (exact) mass is 307 g/mol. The van der Waals surface area contributed by atoms with E-state index >= 15 is 0 Å². The number of benzene rings is 1. The summed E-state index contributed by atoms with van der Waals surface area (Å²) in [6.45, 7) is 6.30. The highest BCUT2D eigenvalue weighted by molar-refractivity contribution is 6.04. The van der Waals surface area contributed by atoms with Crippen molar-refractivity contribution in [3.8, 4) is 12.1 Å². The molecule has 2 rings (SSSR count). The first-order chi connectivity index (χ1) is 10.9. The largest absolute Gasteiger partial charge is 0.304 e. The van der Waals surface area contributed by atoms with Gasteiger partial charge < -0.3 is 5.32 Å². The summed E-state index contributed by atoms with van der Waals surface area (Å²) >= 11 is 0. The molecule has 0 radical (unpaired) electrons. The van der Waals surface area contributed by atoms with Crippen molar-refractivity contribution in [2.75, 3.05) is 5.32 Å². The topological polar surface area (TPSA) is 105 Å². The van der Waals surface area contributed by atoms with E-state index in [2.05, 4.69) is 36.3 Å². The third-order valence-electron chi connectivity index (χ3n) is 3.45. The Hall–Kier alpha value is -3.12. The van der Waals surface area contributed by atoms with Gasteiger partial charge in [0.2, 0.25) is 0 Å². The van der Waals surface area contributed by atoms with Crippen LogP contribution in [0.1, 0.15) is 48.0 Å². The molecule has 0 bridgehead atoms. The summed E-state index contributed by atoms with van der Waals surface area (Å²) in [4.78, 5) is 12.3. The summed E-state index contributed by atoms with van der Waals surface area (Å²) in [5.41, 5.74) is 2.20. The van der Waals surface area contributed by atoms with Gasteiger partial charge in [0.25, 0.3) is 5.91 Å². The van der Waals surface area contributed by atoms with Crippen molar-refractivity contribution in [1.29, 1.82) is 10.5 Å². The minimum atomic E-state index is -0.350.